The fourth-order valence-corrected chi connectivity index (χ4v) is 3.00. The van der Waals surface area contributed by atoms with Gasteiger partial charge in [0.1, 0.15) is 11.3 Å². The third kappa shape index (κ3) is 4.62. The average Bonchev–Trinajstić information content (AvgIpc) is 2.61. The quantitative estimate of drug-likeness (QED) is 0.626. The lowest BCUT2D eigenvalue weighted by molar-refractivity contribution is -0.123. The zero-order chi connectivity index (χ0) is 19.6. The topological polar surface area (TPSA) is 68.5 Å². The second-order valence-corrected chi connectivity index (χ2v) is 6.97. The third-order valence-electron chi connectivity index (χ3n) is 4.11. The Labute approximate surface area is 165 Å². The van der Waals surface area contributed by atoms with E-state index in [9.17, 15) is 9.59 Å². The molecular formula is C20H17Cl2NO4. The molecule has 0 aliphatic rings. The van der Waals surface area contributed by atoms with Gasteiger partial charge in [-0.15, -0.1) is 0 Å². The van der Waals surface area contributed by atoms with Crippen molar-refractivity contribution in [2.45, 2.75) is 19.9 Å². The first-order valence-electron chi connectivity index (χ1n) is 8.25. The van der Waals surface area contributed by atoms with E-state index >= 15 is 0 Å². The number of fused-ring (bicyclic) bond motifs is 1. The Morgan fingerprint density at radius 1 is 1.15 bits per heavy atom. The van der Waals surface area contributed by atoms with Crippen molar-refractivity contribution in [3.05, 3.63) is 74.1 Å². The Balaban J connectivity index is 1.64. The predicted octanol–water partition coefficient (Wildman–Crippen LogP) is 4.66. The minimum absolute atomic E-state index is 0.173. The molecule has 0 unspecified atom stereocenters. The zero-order valence-corrected chi connectivity index (χ0v) is 16.2. The Bertz CT molecular complexity index is 1060. The molecule has 5 nitrogen and oxygen atoms in total. The van der Waals surface area contributed by atoms with Crippen molar-refractivity contribution in [3.63, 3.8) is 0 Å². The van der Waals surface area contributed by atoms with E-state index in [0.717, 1.165) is 16.5 Å². The van der Waals surface area contributed by atoms with Crippen molar-refractivity contribution >= 4 is 40.1 Å². The van der Waals surface area contributed by atoms with Crippen molar-refractivity contribution in [1.29, 1.82) is 0 Å². The van der Waals surface area contributed by atoms with Gasteiger partial charge in [-0.25, -0.2) is 4.79 Å². The van der Waals surface area contributed by atoms with E-state index in [1.165, 1.54) is 6.07 Å². The smallest absolute Gasteiger partial charge is 0.336 e. The van der Waals surface area contributed by atoms with Crippen LogP contribution in [0.15, 0.2) is 51.7 Å². The second-order valence-electron chi connectivity index (χ2n) is 6.16. The molecule has 2 aromatic carbocycles. The maximum absolute atomic E-state index is 12.2. The molecule has 0 spiro atoms. The number of nitrogens with one attached hydrogen (secondary N) is 1. The van der Waals surface area contributed by atoms with Gasteiger partial charge in [0.15, 0.2) is 6.61 Å². The molecule has 3 aromatic rings. The van der Waals surface area contributed by atoms with Crippen LogP contribution in [0.3, 0.4) is 0 Å². The van der Waals surface area contributed by atoms with E-state index in [2.05, 4.69) is 5.32 Å². The average molecular weight is 406 g/mol. The number of ether oxygens (including phenoxy) is 1. The summed E-state index contributed by atoms with van der Waals surface area (Å²) in [4.78, 5) is 23.6. The highest BCUT2D eigenvalue weighted by Crippen LogP contribution is 2.25. The number of aryl methyl sites for hydroxylation is 1. The van der Waals surface area contributed by atoms with Crippen LogP contribution in [0.2, 0.25) is 10.0 Å². The molecule has 1 N–H and O–H groups in total. The summed E-state index contributed by atoms with van der Waals surface area (Å²) >= 11 is 11.9. The van der Waals surface area contributed by atoms with Gasteiger partial charge in [-0.3, -0.25) is 4.79 Å². The molecule has 1 amide bonds. The molecular weight excluding hydrogens is 389 g/mol. The number of hydrogen-bond acceptors (Lipinski definition) is 4. The van der Waals surface area contributed by atoms with E-state index in [1.807, 2.05) is 13.8 Å². The van der Waals surface area contributed by atoms with Crippen LogP contribution in [0.4, 0.5) is 0 Å². The molecule has 0 bridgehead atoms. The zero-order valence-electron chi connectivity index (χ0n) is 14.7. The van der Waals surface area contributed by atoms with Crippen molar-refractivity contribution in [1.82, 2.24) is 5.32 Å². The lowest BCUT2D eigenvalue weighted by atomic mass is 10.1. The maximum atomic E-state index is 12.2. The number of benzene rings is 2. The lowest BCUT2D eigenvalue weighted by Crippen LogP contribution is -2.31. The summed E-state index contributed by atoms with van der Waals surface area (Å²) in [5, 5.41) is 4.54. The molecule has 140 valence electrons. The van der Waals surface area contributed by atoms with Crippen LogP contribution < -0.4 is 15.7 Å². The number of carbonyl (C=O) groups excluding carboxylic acids is 1. The van der Waals surface area contributed by atoms with Gasteiger partial charge in [-0.05, 0) is 49.2 Å². The minimum atomic E-state index is -0.426. The van der Waals surface area contributed by atoms with Crippen molar-refractivity contribution in [2.75, 3.05) is 6.61 Å². The lowest BCUT2D eigenvalue weighted by Gasteiger charge is -2.15. The highest BCUT2D eigenvalue weighted by atomic mass is 35.5. The van der Waals surface area contributed by atoms with Gasteiger partial charge < -0.3 is 14.5 Å². The molecule has 3 rings (SSSR count). The number of hydrogen-bond donors (Lipinski definition) is 1. The third-order valence-corrected chi connectivity index (χ3v) is 4.85. The van der Waals surface area contributed by atoms with Crippen molar-refractivity contribution in [3.8, 4) is 5.75 Å². The first kappa shape index (κ1) is 19.3. The summed E-state index contributed by atoms with van der Waals surface area (Å²) in [6.45, 7) is 3.50. The first-order chi connectivity index (χ1) is 12.8. The van der Waals surface area contributed by atoms with Crippen LogP contribution >= 0.6 is 23.2 Å². The van der Waals surface area contributed by atoms with Gasteiger partial charge in [0.2, 0.25) is 0 Å². The molecule has 7 heteroatoms. The molecule has 27 heavy (non-hydrogen) atoms. The van der Waals surface area contributed by atoms with Crippen LogP contribution in [0.1, 0.15) is 24.1 Å². The second kappa shape index (κ2) is 8.03. The monoisotopic (exact) mass is 405 g/mol. The molecule has 0 fully saturated rings. The molecule has 0 aliphatic carbocycles. The van der Waals surface area contributed by atoms with E-state index in [0.29, 0.717) is 21.4 Å². The summed E-state index contributed by atoms with van der Waals surface area (Å²) < 4.78 is 10.7. The molecule has 0 saturated heterocycles. The summed E-state index contributed by atoms with van der Waals surface area (Å²) in [5.41, 5.74) is 1.65. The van der Waals surface area contributed by atoms with Gasteiger partial charge >= 0.3 is 5.63 Å². The van der Waals surface area contributed by atoms with E-state index in [4.69, 9.17) is 32.4 Å². The van der Waals surface area contributed by atoms with Crippen LogP contribution in [0, 0.1) is 6.92 Å². The normalized spacial score (nSPS) is 12.0. The highest BCUT2D eigenvalue weighted by molar-refractivity contribution is 6.42. The SMILES string of the molecule is Cc1cc(=O)oc2cc(OCC(=O)N[C@H](C)c3ccc(Cl)c(Cl)c3)ccc12. The fourth-order valence-electron chi connectivity index (χ4n) is 2.69. The maximum Gasteiger partial charge on any atom is 0.336 e. The Morgan fingerprint density at radius 2 is 1.93 bits per heavy atom. The van der Waals surface area contributed by atoms with Crippen LogP contribution in [0.5, 0.6) is 5.75 Å². The van der Waals surface area contributed by atoms with E-state index < -0.39 is 5.63 Å². The molecule has 1 aromatic heterocycles. The van der Waals surface area contributed by atoms with Crippen LogP contribution in [0.25, 0.3) is 11.0 Å². The Kier molecular flexibility index (Phi) is 5.73. The van der Waals surface area contributed by atoms with Crippen LogP contribution in [-0.2, 0) is 4.79 Å². The Hall–Kier alpha value is -2.50. The van der Waals surface area contributed by atoms with Gasteiger partial charge in [0.25, 0.3) is 5.91 Å². The predicted molar refractivity (Wildman–Crippen MR) is 106 cm³/mol. The van der Waals surface area contributed by atoms with Crippen LogP contribution in [-0.4, -0.2) is 12.5 Å². The number of amides is 1. The highest BCUT2D eigenvalue weighted by Gasteiger charge is 2.12. The molecule has 1 atom stereocenters. The largest absolute Gasteiger partial charge is 0.484 e. The summed E-state index contributed by atoms with van der Waals surface area (Å²) in [7, 11) is 0. The van der Waals surface area contributed by atoms with Gasteiger partial charge in [-0.1, -0.05) is 29.3 Å². The first-order valence-corrected chi connectivity index (χ1v) is 9.00. The number of rotatable bonds is 5. The van der Waals surface area contributed by atoms with Crippen molar-refractivity contribution < 1.29 is 13.9 Å². The molecule has 0 saturated carbocycles. The number of halogens is 2. The number of carbonyl (C=O) groups is 1. The van der Waals surface area contributed by atoms with Gasteiger partial charge in [0, 0.05) is 17.5 Å². The summed E-state index contributed by atoms with van der Waals surface area (Å²) in [6, 6.07) is 11.5. The van der Waals surface area contributed by atoms with E-state index in [-0.39, 0.29) is 18.6 Å². The van der Waals surface area contributed by atoms with Gasteiger partial charge in [-0.2, -0.15) is 0 Å². The molecule has 0 radical (unpaired) electrons. The minimum Gasteiger partial charge on any atom is -0.484 e. The molecule has 1 heterocycles. The Morgan fingerprint density at radius 3 is 2.67 bits per heavy atom. The van der Waals surface area contributed by atoms with E-state index in [1.54, 1.807) is 36.4 Å². The van der Waals surface area contributed by atoms with Crippen molar-refractivity contribution in [2.24, 2.45) is 0 Å². The summed E-state index contributed by atoms with van der Waals surface area (Å²) in [6.07, 6.45) is 0. The molecule has 0 aliphatic heterocycles. The fraction of sp³-hybridized carbons (Fsp3) is 0.200. The summed E-state index contributed by atoms with van der Waals surface area (Å²) in [5.74, 6) is 0.146. The standard InChI is InChI=1S/C20H17Cl2NO4/c1-11-7-20(25)27-18-9-14(4-5-15(11)18)26-10-19(24)23-12(2)13-3-6-16(21)17(22)8-13/h3-9,12H,10H2,1-2H3,(H,23,24)/t12-/m1/s1. The van der Waals surface area contributed by atoms with Gasteiger partial charge in [0.05, 0.1) is 16.1 Å².